The van der Waals surface area contributed by atoms with Crippen molar-refractivity contribution in [3.05, 3.63) is 29.8 Å². The molecule has 1 atom stereocenters. The summed E-state index contributed by atoms with van der Waals surface area (Å²) in [5.74, 6) is -0.258. The average Bonchev–Trinajstić information content (AvgIpc) is 2.34. The molecule has 0 saturated heterocycles. The van der Waals surface area contributed by atoms with Crippen LogP contribution in [0, 0.1) is 5.92 Å². The van der Waals surface area contributed by atoms with Crippen LogP contribution in [0.2, 0.25) is 0 Å². The van der Waals surface area contributed by atoms with Gasteiger partial charge in [0.2, 0.25) is 0 Å². The van der Waals surface area contributed by atoms with Gasteiger partial charge in [0.25, 0.3) is 0 Å². The van der Waals surface area contributed by atoms with Gasteiger partial charge in [-0.2, -0.15) is 0 Å². The van der Waals surface area contributed by atoms with Gasteiger partial charge in [-0.3, -0.25) is 4.79 Å². The van der Waals surface area contributed by atoms with Gasteiger partial charge in [-0.1, -0.05) is 38.0 Å². The third-order valence-electron chi connectivity index (χ3n) is 2.91. The minimum atomic E-state index is -0.718. The number of carbonyl (C=O) groups is 1. The van der Waals surface area contributed by atoms with Crippen LogP contribution in [0.15, 0.2) is 24.3 Å². The van der Waals surface area contributed by atoms with E-state index in [1.807, 2.05) is 24.3 Å². The van der Waals surface area contributed by atoms with E-state index in [0.717, 1.165) is 30.6 Å². The van der Waals surface area contributed by atoms with Crippen LogP contribution >= 0.6 is 0 Å². The van der Waals surface area contributed by atoms with Gasteiger partial charge >= 0.3 is 5.97 Å². The maximum absolute atomic E-state index is 11.2. The lowest BCUT2D eigenvalue weighted by atomic mass is 9.94. The summed E-state index contributed by atoms with van der Waals surface area (Å²) in [4.78, 5) is 11.2. The van der Waals surface area contributed by atoms with Crippen molar-refractivity contribution in [1.82, 2.24) is 0 Å². The molecule has 0 spiro atoms. The highest BCUT2D eigenvalue weighted by molar-refractivity contribution is 5.70. The van der Waals surface area contributed by atoms with Gasteiger partial charge in [-0.05, 0) is 24.5 Å². The van der Waals surface area contributed by atoms with Crippen molar-refractivity contribution in [3.63, 3.8) is 0 Å². The Kier molecular flexibility index (Phi) is 5.53. The lowest BCUT2D eigenvalue weighted by Gasteiger charge is -2.14. The standard InChI is InChI=1S/C14H20O3/c1-3-4-7-12(14(15)16)10-11-8-5-6-9-13(11)17-2/h5-6,8-9,12H,3-4,7,10H2,1-2H3,(H,15,16)/t12-/m1/s1. The summed E-state index contributed by atoms with van der Waals surface area (Å²) >= 11 is 0. The molecule has 0 bridgehead atoms. The Morgan fingerprint density at radius 1 is 1.41 bits per heavy atom. The first-order chi connectivity index (χ1) is 8.19. The third-order valence-corrected chi connectivity index (χ3v) is 2.91. The summed E-state index contributed by atoms with van der Waals surface area (Å²) in [6.07, 6.45) is 3.24. The van der Waals surface area contributed by atoms with Crippen LogP contribution in [0.1, 0.15) is 31.7 Å². The average molecular weight is 236 g/mol. The maximum atomic E-state index is 11.2. The van der Waals surface area contributed by atoms with Crippen molar-refractivity contribution < 1.29 is 14.6 Å². The first-order valence-electron chi connectivity index (χ1n) is 6.03. The molecule has 0 radical (unpaired) electrons. The molecule has 0 unspecified atom stereocenters. The third kappa shape index (κ3) is 4.10. The Balaban J connectivity index is 2.74. The minimum absolute atomic E-state index is 0.314. The fourth-order valence-electron chi connectivity index (χ4n) is 1.90. The second-order valence-corrected chi connectivity index (χ2v) is 4.19. The number of carboxylic acid groups (broad SMARTS) is 1. The second-order valence-electron chi connectivity index (χ2n) is 4.19. The van der Waals surface area contributed by atoms with E-state index in [9.17, 15) is 9.90 Å². The number of ether oxygens (including phenoxy) is 1. The minimum Gasteiger partial charge on any atom is -0.496 e. The lowest BCUT2D eigenvalue weighted by molar-refractivity contribution is -0.142. The number of benzene rings is 1. The Labute approximate surface area is 102 Å². The molecule has 3 heteroatoms. The van der Waals surface area contributed by atoms with Gasteiger partial charge < -0.3 is 9.84 Å². The summed E-state index contributed by atoms with van der Waals surface area (Å²) in [6, 6.07) is 7.61. The zero-order chi connectivity index (χ0) is 12.7. The van der Waals surface area contributed by atoms with Crippen LogP contribution in [0.3, 0.4) is 0 Å². The molecule has 1 aromatic carbocycles. The smallest absolute Gasteiger partial charge is 0.306 e. The van der Waals surface area contributed by atoms with Crippen LogP contribution in [0.5, 0.6) is 5.75 Å². The molecule has 0 saturated carbocycles. The predicted octanol–water partition coefficient (Wildman–Crippen LogP) is 3.13. The Hall–Kier alpha value is -1.51. The summed E-state index contributed by atoms with van der Waals surface area (Å²) in [6.45, 7) is 2.07. The zero-order valence-electron chi connectivity index (χ0n) is 10.5. The molecule has 1 N–H and O–H groups in total. The normalized spacial score (nSPS) is 12.1. The molecule has 0 aliphatic rings. The van der Waals surface area contributed by atoms with Gasteiger partial charge in [-0.25, -0.2) is 0 Å². The van der Waals surface area contributed by atoms with Crippen molar-refractivity contribution in [1.29, 1.82) is 0 Å². The van der Waals surface area contributed by atoms with E-state index < -0.39 is 5.97 Å². The van der Waals surface area contributed by atoms with Gasteiger partial charge in [0.05, 0.1) is 13.0 Å². The summed E-state index contributed by atoms with van der Waals surface area (Å²) < 4.78 is 5.24. The lowest BCUT2D eigenvalue weighted by Crippen LogP contribution is -2.16. The van der Waals surface area contributed by atoms with Gasteiger partial charge in [0.1, 0.15) is 5.75 Å². The molecule has 0 fully saturated rings. The van der Waals surface area contributed by atoms with Crippen molar-refractivity contribution >= 4 is 5.97 Å². The number of rotatable bonds is 7. The fraction of sp³-hybridized carbons (Fsp3) is 0.500. The molecule has 0 aliphatic heterocycles. The van der Waals surface area contributed by atoms with E-state index in [0.29, 0.717) is 6.42 Å². The molecule has 1 rings (SSSR count). The van der Waals surface area contributed by atoms with Gasteiger partial charge in [0.15, 0.2) is 0 Å². The number of para-hydroxylation sites is 1. The highest BCUT2D eigenvalue weighted by Gasteiger charge is 2.18. The first kappa shape index (κ1) is 13.6. The number of carboxylic acids is 1. The highest BCUT2D eigenvalue weighted by atomic mass is 16.5. The summed E-state index contributed by atoms with van der Waals surface area (Å²) in [5, 5.41) is 9.18. The monoisotopic (exact) mass is 236 g/mol. The Morgan fingerprint density at radius 3 is 2.71 bits per heavy atom. The van der Waals surface area contributed by atoms with E-state index >= 15 is 0 Å². The van der Waals surface area contributed by atoms with E-state index in [1.165, 1.54) is 0 Å². The number of methoxy groups -OCH3 is 1. The molecule has 0 aromatic heterocycles. The molecular formula is C14H20O3. The van der Waals surface area contributed by atoms with Crippen molar-refractivity contribution in [2.45, 2.75) is 32.6 Å². The van der Waals surface area contributed by atoms with Crippen LogP contribution in [0.4, 0.5) is 0 Å². The highest BCUT2D eigenvalue weighted by Crippen LogP contribution is 2.23. The Bertz CT molecular complexity index is 360. The quantitative estimate of drug-likeness (QED) is 0.791. The molecule has 1 aromatic rings. The maximum Gasteiger partial charge on any atom is 0.306 e. The molecule has 0 amide bonds. The van der Waals surface area contributed by atoms with E-state index in [4.69, 9.17) is 4.74 Å². The zero-order valence-corrected chi connectivity index (χ0v) is 10.5. The number of unbranched alkanes of at least 4 members (excludes halogenated alkanes) is 1. The number of hydrogen-bond acceptors (Lipinski definition) is 2. The van der Waals surface area contributed by atoms with E-state index in [2.05, 4.69) is 6.92 Å². The van der Waals surface area contributed by atoms with Crippen molar-refractivity contribution in [2.24, 2.45) is 5.92 Å². The van der Waals surface area contributed by atoms with Crippen LogP contribution in [-0.4, -0.2) is 18.2 Å². The fourth-order valence-corrected chi connectivity index (χ4v) is 1.90. The predicted molar refractivity (Wildman–Crippen MR) is 67.3 cm³/mol. The molecule has 3 nitrogen and oxygen atoms in total. The number of aliphatic carboxylic acids is 1. The van der Waals surface area contributed by atoms with Gasteiger partial charge in [-0.15, -0.1) is 0 Å². The molecule has 0 heterocycles. The second kappa shape index (κ2) is 6.94. The van der Waals surface area contributed by atoms with Gasteiger partial charge in [0, 0.05) is 0 Å². The largest absolute Gasteiger partial charge is 0.496 e. The van der Waals surface area contributed by atoms with Crippen molar-refractivity contribution in [2.75, 3.05) is 7.11 Å². The molecule has 0 aliphatic carbocycles. The van der Waals surface area contributed by atoms with Crippen molar-refractivity contribution in [3.8, 4) is 5.75 Å². The topological polar surface area (TPSA) is 46.5 Å². The van der Waals surface area contributed by atoms with E-state index in [1.54, 1.807) is 7.11 Å². The molecule has 17 heavy (non-hydrogen) atoms. The summed E-state index contributed by atoms with van der Waals surface area (Å²) in [7, 11) is 1.61. The Morgan fingerprint density at radius 2 is 2.12 bits per heavy atom. The van der Waals surface area contributed by atoms with Crippen LogP contribution < -0.4 is 4.74 Å². The SMILES string of the molecule is CCCC[C@H](Cc1ccccc1OC)C(=O)O. The van der Waals surface area contributed by atoms with Crippen LogP contribution in [-0.2, 0) is 11.2 Å². The van der Waals surface area contributed by atoms with E-state index in [-0.39, 0.29) is 5.92 Å². The number of hydrogen-bond donors (Lipinski definition) is 1. The summed E-state index contributed by atoms with van der Waals surface area (Å²) in [5.41, 5.74) is 0.971. The molecule has 94 valence electrons. The van der Waals surface area contributed by atoms with Crippen LogP contribution in [0.25, 0.3) is 0 Å². The first-order valence-corrected chi connectivity index (χ1v) is 6.03. The molecular weight excluding hydrogens is 216 g/mol.